The first-order valence-electron chi connectivity index (χ1n) is 9.72. The molecule has 0 radical (unpaired) electrons. The molecule has 1 aromatic heterocycles. The summed E-state index contributed by atoms with van der Waals surface area (Å²) in [6.07, 6.45) is -2.56. The summed E-state index contributed by atoms with van der Waals surface area (Å²) in [6.45, 7) is 1.20. The van der Waals surface area contributed by atoms with Gasteiger partial charge in [0, 0.05) is 17.5 Å². The number of fused-ring (bicyclic) bond motifs is 3. The second-order valence-corrected chi connectivity index (χ2v) is 8.42. The highest BCUT2D eigenvalue weighted by Gasteiger charge is 2.63. The Morgan fingerprint density at radius 3 is 2.55 bits per heavy atom. The molecule has 1 aromatic carbocycles. The van der Waals surface area contributed by atoms with Crippen molar-refractivity contribution in [3.05, 3.63) is 40.4 Å². The van der Waals surface area contributed by atoms with Crippen LogP contribution in [0, 0.1) is 0 Å². The summed E-state index contributed by atoms with van der Waals surface area (Å²) in [5.74, 6) is 1.56. The van der Waals surface area contributed by atoms with Crippen molar-refractivity contribution in [2.45, 2.75) is 43.6 Å². The Labute approximate surface area is 171 Å². The molecule has 2 saturated heterocycles. The van der Waals surface area contributed by atoms with Gasteiger partial charge in [0.25, 0.3) is 0 Å². The number of nitrogens with one attached hydrogen (secondary N) is 1. The first-order chi connectivity index (χ1) is 13.9. The Morgan fingerprint density at radius 2 is 1.90 bits per heavy atom. The van der Waals surface area contributed by atoms with Crippen molar-refractivity contribution in [2.24, 2.45) is 0 Å². The normalized spacial score (nSPS) is 22.5. The number of aromatic nitrogens is 3. The van der Waals surface area contributed by atoms with Crippen molar-refractivity contribution in [1.29, 1.82) is 0 Å². The van der Waals surface area contributed by atoms with E-state index in [0.717, 1.165) is 43.0 Å². The Bertz CT molecular complexity index is 921. The summed E-state index contributed by atoms with van der Waals surface area (Å²) in [5.41, 5.74) is -0.465. The van der Waals surface area contributed by atoms with Gasteiger partial charge in [0.2, 0.25) is 0 Å². The largest absolute Gasteiger partial charge is 0.411 e. The molecule has 0 saturated carbocycles. The van der Waals surface area contributed by atoms with Crippen molar-refractivity contribution >= 4 is 11.6 Å². The van der Waals surface area contributed by atoms with Gasteiger partial charge in [-0.25, -0.2) is 0 Å². The fourth-order valence-corrected chi connectivity index (χ4v) is 4.69. The first kappa shape index (κ1) is 19.3. The number of hydrogen-bond acceptors (Lipinski definition) is 5. The van der Waals surface area contributed by atoms with E-state index < -0.39 is 11.7 Å². The number of benzene rings is 1. The van der Waals surface area contributed by atoms with E-state index in [4.69, 9.17) is 16.3 Å². The van der Waals surface area contributed by atoms with E-state index in [1.54, 1.807) is 12.1 Å². The van der Waals surface area contributed by atoms with Crippen LogP contribution in [-0.4, -0.2) is 57.7 Å². The number of hydrogen-bond donors (Lipinski definition) is 1. The molecule has 0 bridgehead atoms. The fraction of sp³-hybridized carbons (Fsp3) is 0.579. The van der Waals surface area contributed by atoms with Gasteiger partial charge < -0.3 is 10.1 Å². The molecule has 0 atom stereocenters. The van der Waals surface area contributed by atoms with Gasteiger partial charge in [0.05, 0.1) is 25.4 Å². The van der Waals surface area contributed by atoms with Gasteiger partial charge in [-0.15, -0.1) is 10.2 Å². The second-order valence-electron chi connectivity index (χ2n) is 7.99. The van der Waals surface area contributed by atoms with Crippen LogP contribution in [0.25, 0.3) is 5.69 Å². The van der Waals surface area contributed by atoms with Crippen LogP contribution in [0.2, 0.25) is 5.02 Å². The SMILES string of the molecule is FC(F)(F)C1(N2Cc3cc(Cl)ccc3-n3c(nnc3C3CCNCC3)C2)COC1. The van der Waals surface area contributed by atoms with Crippen LogP contribution in [0.1, 0.15) is 36.0 Å². The number of halogens is 4. The Kier molecular flexibility index (Phi) is 4.62. The number of alkyl halides is 3. The van der Waals surface area contributed by atoms with Gasteiger partial charge in [-0.2, -0.15) is 13.2 Å². The molecule has 156 valence electrons. The summed E-state index contributed by atoms with van der Waals surface area (Å²) in [6, 6.07) is 5.36. The molecule has 6 nitrogen and oxygen atoms in total. The third-order valence-corrected chi connectivity index (χ3v) is 6.49. The molecule has 4 heterocycles. The number of piperidine rings is 1. The molecule has 3 aliphatic rings. The molecule has 0 spiro atoms. The van der Waals surface area contributed by atoms with E-state index in [1.165, 1.54) is 4.90 Å². The predicted molar refractivity (Wildman–Crippen MR) is 100 cm³/mol. The minimum Gasteiger partial charge on any atom is -0.377 e. The Morgan fingerprint density at radius 1 is 1.14 bits per heavy atom. The third kappa shape index (κ3) is 3.06. The molecule has 1 N–H and O–H groups in total. The van der Waals surface area contributed by atoms with Crippen LogP contribution in [-0.2, 0) is 17.8 Å². The lowest BCUT2D eigenvalue weighted by Gasteiger charge is -2.49. The fourth-order valence-electron chi connectivity index (χ4n) is 4.49. The molecule has 0 amide bonds. The van der Waals surface area contributed by atoms with E-state index in [2.05, 4.69) is 15.5 Å². The molecule has 0 unspecified atom stereocenters. The summed E-state index contributed by atoms with van der Waals surface area (Å²) in [4.78, 5) is 1.42. The van der Waals surface area contributed by atoms with Crippen LogP contribution in [0.15, 0.2) is 18.2 Å². The lowest BCUT2D eigenvalue weighted by atomic mass is 9.93. The highest BCUT2D eigenvalue weighted by molar-refractivity contribution is 6.30. The highest BCUT2D eigenvalue weighted by atomic mass is 35.5. The van der Waals surface area contributed by atoms with Gasteiger partial charge in [0.1, 0.15) is 5.82 Å². The van der Waals surface area contributed by atoms with Crippen LogP contribution < -0.4 is 5.32 Å². The second kappa shape index (κ2) is 6.94. The van der Waals surface area contributed by atoms with Crippen LogP contribution in [0.5, 0.6) is 0 Å². The van der Waals surface area contributed by atoms with E-state index in [-0.39, 0.29) is 32.2 Å². The predicted octanol–water partition coefficient (Wildman–Crippen LogP) is 3.03. The van der Waals surface area contributed by atoms with Gasteiger partial charge in [0.15, 0.2) is 11.4 Å². The van der Waals surface area contributed by atoms with Gasteiger partial charge in [-0.05, 0) is 49.7 Å². The average Bonchev–Trinajstić information content (AvgIpc) is 2.97. The molecule has 2 fully saturated rings. The molecule has 10 heteroatoms. The summed E-state index contributed by atoms with van der Waals surface area (Å²) in [5, 5.41) is 12.6. The molecule has 3 aliphatic heterocycles. The van der Waals surface area contributed by atoms with Gasteiger partial charge in [-0.1, -0.05) is 11.6 Å². The maximum Gasteiger partial charge on any atom is 0.411 e. The molecule has 2 aromatic rings. The lowest BCUT2D eigenvalue weighted by Crippen LogP contribution is -2.69. The van der Waals surface area contributed by atoms with E-state index >= 15 is 0 Å². The summed E-state index contributed by atoms with van der Waals surface area (Å²) >= 11 is 6.20. The monoisotopic (exact) mass is 427 g/mol. The van der Waals surface area contributed by atoms with Crippen molar-refractivity contribution < 1.29 is 17.9 Å². The summed E-state index contributed by atoms with van der Waals surface area (Å²) < 4.78 is 49.0. The zero-order valence-corrected chi connectivity index (χ0v) is 16.4. The first-order valence-corrected chi connectivity index (χ1v) is 10.1. The lowest BCUT2D eigenvalue weighted by molar-refractivity contribution is -0.310. The Balaban J connectivity index is 1.63. The Hall–Kier alpha value is -1.68. The van der Waals surface area contributed by atoms with Crippen molar-refractivity contribution in [2.75, 3.05) is 26.3 Å². The molecular weight excluding hydrogens is 407 g/mol. The van der Waals surface area contributed by atoms with Gasteiger partial charge >= 0.3 is 6.18 Å². The number of nitrogens with zero attached hydrogens (tertiary/aromatic N) is 4. The van der Waals surface area contributed by atoms with E-state index in [9.17, 15) is 13.2 Å². The van der Waals surface area contributed by atoms with E-state index in [1.807, 2.05) is 10.6 Å². The quantitative estimate of drug-likeness (QED) is 0.798. The molecule has 5 rings (SSSR count). The average molecular weight is 428 g/mol. The standard InChI is InChI=1S/C19H21ClF3N5O/c20-14-1-2-15-13(7-14)8-27(18(10-29-11-18)19(21,22)23)9-16-25-26-17(28(15)16)12-3-5-24-6-4-12/h1-2,7,12,24H,3-6,8-11H2. The minimum atomic E-state index is -4.41. The van der Waals surface area contributed by atoms with Crippen LogP contribution >= 0.6 is 11.6 Å². The summed E-state index contributed by atoms with van der Waals surface area (Å²) in [7, 11) is 0. The number of rotatable bonds is 2. The highest BCUT2D eigenvalue weighted by Crippen LogP contribution is 2.44. The number of ether oxygens (including phenoxy) is 1. The van der Waals surface area contributed by atoms with Crippen LogP contribution in [0.4, 0.5) is 13.2 Å². The van der Waals surface area contributed by atoms with Gasteiger partial charge in [-0.3, -0.25) is 9.47 Å². The van der Waals surface area contributed by atoms with E-state index in [0.29, 0.717) is 10.8 Å². The maximum atomic E-state index is 14.0. The smallest absolute Gasteiger partial charge is 0.377 e. The third-order valence-electron chi connectivity index (χ3n) is 6.25. The molecule has 0 aliphatic carbocycles. The zero-order valence-electron chi connectivity index (χ0n) is 15.7. The topological polar surface area (TPSA) is 55.2 Å². The van der Waals surface area contributed by atoms with Crippen LogP contribution in [0.3, 0.4) is 0 Å². The molecular formula is C19H21ClF3N5O. The van der Waals surface area contributed by atoms with Crippen molar-refractivity contribution in [3.8, 4) is 5.69 Å². The minimum absolute atomic E-state index is 0.0487. The van der Waals surface area contributed by atoms with Crippen molar-refractivity contribution in [3.63, 3.8) is 0 Å². The zero-order chi connectivity index (χ0) is 20.2. The maximum absolute atomic E-state index is 14.0. The molecule has 29 heavy (non-hydrogen) atoms. The van der Waals surface area contributed by atoms with Crippen molar-refractivity contribution in [1.82, 2.24) is 25.0 Å².